The van der Waals surface area contributed by atoms with Gasteiger partial charge in [-0.05, 0) is 43.7 Å². The van der Waals surface area contributed by atoms with E-state index < -0.39 is 0 Å². The van der Waals surface area contributed by atoms with Crippen molar-refractivity contribution in [1.29, 1.82) is 0 Å². The van der Waals surface area contributed by atoms with Crippen molar-refractivity contribution in [3.05, 3.63) is 34.9 Å². The maximum atomic E-state index is 12.4. The number of amides is 1. The molecule has 1 aliphatic carbocycles. The second kappa shape index (κ2) is 5.80. The molecule has 1 aromatic carbocycles. The normalized spacial score (nSPS) is 30.0. The Kier molecular flexibility index (Phi) is 4.03. The number of hydrogen-bond donors (Lipinski definition) is 1. The Balaban J connectivity index is 1.90. The highest BCUT2D eigenvalue weighted by Crippen LogP contribution is 2.35. The highest BCUT2D eigenvalue weighted by molar-refractivity contribution is 5.81. The summed E-state index contributed by atoms with van der Waals surface area (Å²) in [6, 6.07) is 6.94. The summed E-state index contributed by atoms with van der Waals surface area (Å²) < 4.78 is 0. The fourth-order valence-electron chi connectivity index (χ4n) is 3.90. The molecule has 0 bridgehead atoms. The molecule has 3 rings (SSSR count). The maximum absolute atomic E-state index is 12.4. The van der Waals surface area contributed by atoms with Crippen LogP contribution in [0.1, 0.15) is 55.5 Å². The van der Waals surface area contributed by atoms with E-state index in [1.54, 1.807) is 0 Å². The summed E-state index contributed by atoms with van der Waals surface area (Å²) in [7, 11) is 0. The highest BCUT2D eigenvalue weighted by atomic mass is 16.2. The zero-order valence-electron chi connectivity index (χ0n) is 13.4. The van der Waals surface area contributed by atoms with Crippen LogP contribution in [-0.2, 0) is 4.79 Å². The van der Waals surface area contributed by atoms with Crippen LogP contribution in [0.4, 0.5) is 0 Å². The molecule has 1 aliphatic heterocycles. The molecule has 2 fully saturated rings. The predicted octanol–water partition coefficient (Wildman–Crippen LogP) is 3.31. The Labute approximate surface area is 127 Å². The summed E-state index contributed by atoms with van der Waals surface area (Å²) in [6.07, 6.45) is 4.91. The van der Waals surface area contributed by atoms with E-state index in [2.05, 4.69) is 49.2 Å². The van der Waals surface area contributed by atoms with Crippen LogP contribution in [0.2, 0.25) is 0 Å². The van der Waals surface area contributed by atoms with Crippen LogP contribution < -0.4 is 5.32 Å². The van der Waals surface area contributed by atoms with Gasteiger partial charge in [0, 0.05) is 6.04 Å². The van der Waals surface area contributed by atoms with Gasteiger partial charge in [0.05, 0.1) is 6.54 Å². The van der Waals surface area contributed by atoms with Crippen LogP contribution in [0.25, 0.3) is 0 Å². The molecule has 1 aromatic rings. The van der Waals surface area contributed by atoms with Gasteiger partial charge in [0.15, 0.2) is 0 Å². The lowest BCUT2D eigenvalue weighted by molar-refractivity contribution is -0.131. The second-order valence-corrected chi connectivity index (χ2v) is 6.87. The average Bonchev–Trinajstić information content (AvgIpc) is 2.83. The molecular formula is C18H26N2O. The maximum Gasteiger partial charge on any atom is 0.238 e. The van der Waals surface area contributed by atoms with E-state index in [1.807, 2.05) is 0 Å². The lowest BCUT2D eigenvalue weighted by atomic mass is 9.85. The van der Waals surface area contributed by atoms with Gasteiger partial charge in [0.1, 0.15) is 6.17 Å². The third kappa shape index (κ3) is 2.84. The molecule has 114 valence electrons. The quantitative estimate of drug-likeness (QED) is 0.904. The largest absolute Gasteiger partial charge is 0.319 e. The Hall–Kier alpha value is -1.35. The van der Waals surface area contributed by atoms with Gasteiger partial charge in [-0.1, -0.05) is 43.5 Å². The van der Waals surface area contributed by atoms with E-state index in [0.29, 0.717) is 12.6 Å². The molecule has 3 unspecified atom stereocenters. The Morgan fingerprint density at radius 1 is 1.24 bits per heavy atom. The molecule has 0 spiro atoms. The number of nitrogens with one attached hydrogen (secondary N) is 1. The first-order chi connectivity index (χ1) is 10.1. The number of carbonyl (C=O) groups is 1. The number of hydrogen-bond acceptors (Lipinski definition) is 2. The molecule has 2 aliphatic rings. The lowest BCUT2D eigenvalue weighted by Gasteiger charge is -2.38. The molecule has 21 heavy (non-hydrogen) atoms. The lowest BCUT2D eigenvalue weighted by Crippen LogP contribution is -2.42. The molecule has 0 radical (unpaired) electrons. The summed E-state index contributed by atoms with van der Waals surface area (Å²) in [4.78, 5) is 14.6. The summed E-state index contributed by atoms with van der Waals surface area (Å²) in [6.45, 7) is 7.05. The Morgan fingerprint density at radius 3 is 2.81 bits per heavy atom. The molecule has 1 amide bonds. The Bertz CT molecular complexity index is 540. The summed E-state index contributed by atoms with van der Waals surface area (Å²) in [5, 5.41) is 3.43. The predicted molar refractivity (Wildman–Crippen MR) is 84.9 cm³/mol. The zero-order valence-corrected chi connectivity index (χ0v) is 13.4. The zero-order chi connectivity index (χ0) is 15.0. The SMILES string of the molecule is Cc1ccc(C)c(C2NCC(=O)N2C2CCCC(C)C2)c1. The van der Waals surface area contributed by atoms with Gasteiger partial charge in [-0.2, -0.15) is 0 Å². The molecule has 1 heterocycles. The van der Waals surface area contributed by atoms with Crippen molar-refractivity contribution >= 4 is 5.91 Å². The van der Waals surface area contributed by atoms with Crippen molar-refractivity contribution in [2.45, 2.75) is 58.7 Å². The topological polar surface area (TPSA) is 32.3 Å². The third-order valence-electron chi connectivity index (χ3n) is 5.04. The van der Waals surface area contributed by atoms with Crippen molar-refractivity contribution in [3.8, 4) is 0 Å². The molecule has 3 nitrogen and oxygen atoms in total. The first kappa shape index (κ1) is 14.6. The van der Waals surface area contributed by atoms with Gasteiger partial charge < -0.3 is 4.90 Å². The summed E-state index contributed by atoms with van der Waals surface area (Å²) in [5.41, 5.74) is 3.79. The van der Waals surface area contributed by atoms with Gasteiger partial charge in [-0.25, -0.2) is 0 Å². The average molecular weight is 286 g/mol. The minimum atomic E-state index is 0.0627. The van der Waals surface area contributed by atoms with Gasteiger partial charge in [-0.3, -0.25) is 10.1 Å². The van der Waals surface area contributed by atoms with E-state index in [-0.39, 0.29) is 12.1 Å². The van der Waals surface area contributed by atoms with Crippen molar-refractivity contribution in [2.24, 2.45) is 5.92 Å². The van der Waals surface area contributed by atoms with Crippen molar-refractivity contribution in [1.82, 2.24) is 10.2 Å². The molecule has 1 saturated carbocycles. The van der Waals surface area contributed by atoms with Gasteiger partial charge in [-0.15, -0.1) is 0 Å². The smallest absolute Gasteiger partial charge is 0.238 e. The van der Waals surface area contributed by atoms with Crippen LogP contribution >= 0.6 is 0 Å². The number of nitrogens with zero attached hydrogens (tertiary/aromatic N) is 1. The number of aryl methyl sites for hydroxylation is 2. The van der Waals surface area contributed by atoms with Gasteiger partial charge in [0.2, 0.25) is 5.91 Å². The van der Waals surface area contributed by atoms with E-state index in [9.17, 15) is 4.79 Å². The van der Waals surface area contributed by atoms with Gasteiger partial charge in [0.25, 0.3) is 0 Å². The minimum Gasteiger partial charge on any atom is -0.319 e. The van der Waals surface area contributed by atoms with E-state index in [4.69, 9.17) is 0 Å². The number of carbonyl (C=O) groups excluding carboxylic acids is 1. The van der Waals surface area contributed by atoms with Crippen molar-refractivity contribution in [3.63, 3.8) is 0 Å². The molecular weight excluding hydrogens is 260 g/mol. The molecule has 1 saturated heterocycles. The summed E-state index contributed by atoms with van der Waals surface area (Å²) in [5.74, 6) is 0.997. The van der Waals surface area contributed by atoms with Gasteiger partial charge >= 0.3 is 0 Å². The fraction of sp³-hybridized carbons (Fsp3) is 0.611. The van der Waals surface area contributed by atoms with Crippen LogP contribution in [-0.4, -0.2) is 23.4 Å². The molecule has 0 aromatic heterocycles. The molecule has 3 atom stereocenters. The van der Waals surface area contributed by atoms with Crippen molar-refractivity contribution < 1.29 is 4.79 Å². The fourth-order valence-corrected chi connectivity index (χ4v) is 3.90. The van der Waals surface area contributed by atoms with Crippen molar-refractivity contribution in [2.75, 3.05) is 6.54 Å². The second-order valence-electron chi connectivity index (χ2n) is 6.87. The third-order valence-corrected chi connectivity index (χ3v) is 5.04. The van der Waals surface area contributed by atoms with E-state index in [0.717, 1.165) is 18.8 Å². The van der Waals surface area contributed by atoms with E-state index >= 15 is 0 Å². The van der Waals surface area contributed by atoms with Crippen LogP contribution in [0.5, 0.6) is 0 Å². The molecule has 3 heteroatoms. The highest BCUT2D eigenvalue weighted by Gasteiger charge is 2.38. The first-order valence-corrected chi connectivity index (χ1v) is 8.18. The Morgan fingerprint density at radius 2 is 2.05 bits per heavy atom. The number of rotatable bonds is 2. The van der Waals surface area contributed by atoms with Crippen LogP contribution in [0, 0.1) is 19.8 Å². The van der Waals surface area contributed by atoms with E-state index in [1.165, 1.54) is 29.5 Å². The molecule has 1 N–H and O–H groups in total. The summed E-state index contributed by atoms with van der Waals surface area (Å²) >= 11 is 0. The first-order valence-electron chi connectivity index (χ1n) is 8.18. The number of benzene rings is 1. The standard InChI is InChI=1S/C18H26N2O/c1-12-5-4-6-15(9-12)20-17(21)11-19-18(20)16-10-13(2)7-8-14(16)3/h7-8,10,12,15,18-19H,4-6,9,11H2,1-3H3. The van der Waals surface area contributed by atoms with Crippen LogP contribution in [0.3, 0.4) is 0 Å². The van der Waals surface area contributed by atoms with Crippen LogP contribution in [0.15, 0.2) is 18.2 Å². The minimum absolute atomic E-state index is 0.0627. The monoisotopic (exact) mass is 286 g/mol.